The smallest absolute Gasteiger partial charge is 0.187 e. The molecule has 0 amide bonds. The number of hydrogen-bond acceptors (Lipinski definition) is 9. The van der Waals surface area contributed by atoms with Gasteiger partial charge in [0.15, 0.2) is 6.29 Å². The summed E-state index contributed by atoms with van der Waals surface area (Å²) in [6.07, 6.45) is -5.49. The van der Waals surface area contributed by atoms with Crippen molar-refractivity contribution in [2.75, 3.05) is 24.7 Å². The molecule has 2 aliphatic rings. The SMILES string of the molecule is CCCCSCC1OCC(O)CC1OC1OC(CO)C(O)C(O)C1O. The molecule has 2 aliphatic heterocycles. The average molecular weight is 382 g/mol. The monoisotopic (exact) mass is 382 g/mol. The zero-order valence-corrected chi connectivity index (χ0v) is 15.3. The summed E-state index contributed by atoms with van der Waals surface area (Å²) < 4.78 is 16.8. The van der Waals surface area contributed by atoms with E-state index in [9.17, 15) is 25.5 Å². The highest BCUT2D eigenvalue weighted by molar-refractivity contribution is 7.99. The van der Waals surface area contributed by atoms with Crippen LogP contribution < -0.4 is 0 Å². The molecule has 0 aromatic rings. The first-order chi connectivity index (χ1) is 12.0. The highest BCUT2D eigenvalue weighted by Crippen LogP contribution is 2.28. The van der Waals surface area contributed by atoms with Crippen LogP contribution in [0, 0.1) is 0 Å². The van der Waals surface area contributed by atoms with E-state index in [0.717, 1.165) is 18.6 Å². The minimum absolute atomic E-state index is 0.230. The lowest BCUT2D eigenvalue weighted by Crippen LogP contribution is -2.60. The summed E-state index contributed by atoms with van der Waals surface area (Å²) in [6, 6.07) is 0. The van der Waals surface area contributed by atoms with Gasteiger partial charge < -0.3 is 39.7 Å². The first-order valence-corrected chi connectivity index (χ1v) is 9.96. The number of thioether (sulfide) groups is 1. The Morgan fingerprint density at radius 3 is 2.52 bits per heavy atom. The van der Waals surface area contributed by atoms with E-state index in [1.807, 2.05) is 0 Å². The molecule has 25 heavy (non-hydrogen) atoms. The summed E-state index contributed by atoms with van der Waals surface area (Å²) >= 11 is 1.74. The van der Waals surface area contributed by atoms with E-state index in [1.54, 1.807) is 11.8 Å². The van der Waals surface area contributed by atoms with Crippen molar-refractivity contribution >= 4 is 11.8 Å². The Morgan fingerprint density at radius 2 is 1.84 bits per heavy atom. The molecule has 2 heterocycles. The topological polar surface area (TPSA) is 129 Å². The summed E-state index contributed by atoms with van der Waals surface area (Å²) in [5.74, 6) is 1.69. The summed E-state index contributed by atoms with van der Waals surface area (Å²) in [7, 11) is 0. The Kier molecular flexibility index (Phi) is 8.86. The molecule has 0 radical (unpaired) electrons. The number of unbranched alkanes of at least 4 members (excludes halogenated alkanes) is 1. The van der Waals surface area contributed by atoms with E-state index in [1.165, 1.54) is 0 Å². The van der Waals surface area contributed by atoms with Gasteiger partial charge in [0.05, 0.1) is 31.5 Å². The maximum absolute atomic E-state index is 10.1. The molecule has 2 fully saturated rings. The number of ether oxygens (including phenoxy) is 3. The standard InChI is InChI=1S/C16H30O8S/c1-2-3-4-25-8-12-10(5-9(18)7-22-12)23-16-15(21)14(20)13(19)11(6-17)24-16/h9-21H,2-8H2,1H3. The van der Waals surface area contributed by atoms with Gasteiger partial charge in [-0.1, -0.05) is 13.3 Å². The molecule has 9 heteroatoms. The predicted octanol–water partition coefficient (Wildman–Crippen LogP) is -1.15. The first kappa shape index (κ1) is 21.3. The van der Waals surface area contributed by atoms with E-state index in [2.05, 4.69) is 6.92 Å². The number of rotatable bonds is 8. The van der Waals surface area contributed by atoms with E-state index < -0.39 is 49.5 Å². The third-order valence-corrected chi connectivity index (χ3v) is 5.65. The van der Waals surface area contributed by atoms with Crippen LogP contribution in [0.1, 0.15) is 26.2 Å². The Morgan fingerprint density at radius 1 is 1.08 bits per heavy atom. The zero-order valence-electron chi connectivity index (χ0n) is 14.4. The van der Waals surface area contributed by atoms with Crippen molar-refractivity contribution in [2.45, 2.75) is 75.2 Å². The van der Waals surface area contributed by atoms with Gasteiger partial charge in [0.2, 0.25) is 0 Å². The summed E-state index contributed by atoms with van der Waals surface area (Å²) in [6.45, 7) is 1.84. The molecule has 0 aliphatic carbocycles. The second-order valence-corrected chi connectivity index (χ2v) is 7.71. The lowest BCUT2D eigenvalue weighted by molar-refractivity contribution is -0.323. The minimum atomic E-state index is -1.48. The van der Waals surface area contributed by atoms with Crippen molar-refractivity contribution in [3.05, 3.63) is 0 Å². The molecule has 148 valence electrons. The molecule has 5 N–H and O–H groups in total. The van der Waals surface area contributed by atoms with Crippen LogP contribution in [-0.2, 0) is 14.2 Å². The van der Waals surface area contributed by atoms with Crippen molar-refractivity contribution in [1.82, 2.24) is 0 Å². The van der Waals surface area contributed by atoms with Gasteiger partial charge in [-0.25, -0.2) is 0 Å². The Labute approximate surface area is 152 Å². The Balaban J connectivity index is 1.95. The molecular formula is C16H30O8S. The normalized spacial score (nSPS) is 42.5. The molecule has 8 atom stereocenters. The van der Waals surface area contributed by atoms with Gasteiger partial charge in [0, 0.05) is 12.2 Å². The lowest BCUT2D eigenvalue weighted by atomic mass is 9.98. The van der Waals surface area contributed by atoms with Crippen molar-refractivity contribution < 1.29 is 39.7 Å². The van der Waals surface area contributed by atoms with Crippen molar-refractivity contribution in [3.8, 4) is 0 Å². The van der Waals surface area contributed by atoms with Gasteiger partial charge in [-0.2, -0.15) is 11.8 Å². The van der Waals surface area contributed by atoms with Crippen LogP contribution in [0.5, 0.6) is 0 Å². The maximum atomic E-state index is 10.1. The number of aliphatic hydroxyl groups is 5. The van der Waals surface area contributed by atoms with Crippen LogP contribution in [0.15, 0.2) is 0 Å². The molecule has 8 nitrogen and oxygen atoms in total. The van der Waals surface area contributed by atoms with E-state index >= 15 is 0 Å². The third-order valence-electron chi connectivity index (χ3n) is 4.50. The fourth-order valence-electron chi connectivity index (χ4n) is 2.93. The van der Waals surface area contributed by atoms with Crippen LogP contribution >= 0.6 is 11.8 Å². The maximum Gasteiger partial charge on any atom is 0.187 e. The largest absolute Gasteiger partial charge is 0.394 e. The van der Waals surface area contributed by atoms with Crippen LogP contribution in [0.2, 0.25) is 0 Å². The molecule has 2 rings (SSSR count). The summed E-state index contributed by atoms with van der Waals surface area (Å²) in [4.78, 5) is 0. The molecule has 0 aromatic heterocycles. The molecular weight excluding hydrogens is 352 g/mol. The highest BCUT2D eigenvalue weighted by Gasteiger charge is 2.46. The second-order valence-electron chi connectivity index (χ2n) is 6.56. The molecule has 0 spiro atoms. The Bertz CT molecular complexity index is 385. The third kappa shape index (κ3) is 5.75. The van der Waals surface area contributed by atoms with Crippen LogP contribution in [0.3, 0.4) is 0 Å². The molecule has 0 aromatic carbocycles. The second kappa shape index (κ2) is 10.4. The molecule has 2 saturated heterocycles. The van der Waals surface area contributed by atoms with Crippen LogP contribution in [0.25, 0.3) is 0 Å². The first-order valence-electron chi connectivity index (χ1n) is 8.81. The summed E-state index contributed by atoms with van der Waals surface area (Å²) in [5, 5.41) is 48.9. The van der Waals surface area contributed by atoms with Gasteiger partial charge in [0.1, 0.15) is 24.4 Å². The summed E-state index contributed by atoms with van der Waals surface area (Å²) in [5.41, 5.74) is 0. The van der Waals surface area contributed by atoms with Crippen molar-refractivity contribution in [1.29, 1.82) is 0 Å². The highest BCUT2D eigenvalue weighted by atomic mass is 32.2. The van der Waals surface area contributed by atoms with Gasteiger partial charge in [-0.15, -0.1) is 0 Å². The van der Waals surface area contributed by atoms with Crippen LogP contribution in [0.4, 0.5) is 0 Å². The average Bonchev–Trinajstić information content (AvgIpc) is 2.60. The number of hydrogen-bond donors (Lipinski definition) is 5. The van der Waals surface area contributed by atoms with Crippen molar-refractivity contribution in [2.24, 2.45) is 0 Å². The Hall–Kier alpha value is 0.0300. The van der Waals surface area contributed by atoms with Gasteiger partial charge in [-0.05, 0) is 12.2 Å². The van der Waals surface area contributed by atoms with Gasteiger partial charge >= 0.3 is 0 Å². The van der Waals surface area contributed by atoms with Crippen LogP contribution in [-0.4, -0.2) is 99.3 Å². The quantitative estimate of drug-likeness (QED) is 0.331. The molecule has 0 saturated carbocycles. The van der Waals surface area contributed by atoms with E-state index in [4.69, 9.17) is 14.2 Å². The number of aliphatic hydroxyl groups excluding tert-OH is 5. The molecule has 0 bridgehead atoms. The van der Waals surface area contributed by atoms with E-state index in [-0.39, 0.29) is 12.7 Å². The predicted molar refractivity (Wildman–Crippen MR) is 91.2 cm³/mol. The minimum Gasteiger partial charge on any atom is -0.394 e. The van der Waals surface area contributed by atoms with Gasteiger partial charge in [-0.3, -0.25) is 0 Å². The fraction of sp³-hybridized carbons (Fsp3) is 1.00. The molecule has 8 unspecified atom stereocenters. The van der Waals surface area contributed by atoms with Crippen molar-refractivity contribution in [3.63, 3.8) is 0 Å². The van der Waals surface area contributed by atoms with E-state index in [0.29, 0.717) is 12.2 Å². The zero-order chi connectivity index (χ0) is 18.4. The fourth-order valence-corrected chi connectivity index (χ4v) is 4.13. The van der Waals surface area contributed by atoms with Gasteiger partial charge in [0.25, 0.3) is 0 Å². The lowest BCUT2D eigenvalue weighted by Gasteiger charge is -2.43.